The minimum absolute atomic E-state index is 0.0590. The van der Waals surface area contributed by atoms with Crippen LogP contribution in [-0.2, 0) is 4.79 Å². The molecule has 8 heavy (non-hydrogen) atoms. The Bertz CT molecular complexity index is 98.7. The van der Waals surface area contributed by atoms with Crippen LogP contribution in [0.1, 0.15) is 25.7 Å². The largest absolute Gasteiger partial charge is 0.379 e. The molecule has 0 saturated heterocycles. The van der Waals surface area contributed by atoms with E-state index in [1.165, 1.54) is 0 Å². The van der Waals surface area contributed by atoms with Crippen LogP contribution in [0, 0.1) is 6.10 Å². The molecule has 1 saturated carbocycles. The van der Waals surface area contributed by atoms with E-state index in [9.17, 15) is 4.79 Å². The van der Waals surface area contributed by atoms with Gasteiger partial charge in [0.15, 0.2) is 11.9 Å². The monoisotopic (exact) mass is 113 g/mol. The number of carbonyl (C=O) groups is 1. The number of Topliss-reactive ketones (excluding diaryl/α,β-unsaturated/α-hetero) is 1. The predicted octanol–water partition coefficient (Wildman–Crippen LogP) is 1.03. The van der Waals surface area contributed by atoms with E-state index in [0.29, 0.717) is 12.8 Å². The van der Waals surface area contributed by atoms with Gasteiger partial charge in [-0.25, -0.2) is 0 Å². The van der Waals surface area contributed by atoms with Crippen molar-refractivity contribution in [1.82, 2.24) is 0 Å². The highest BCUT2D eigenvalue weighted by atomic mass is 16.3. The van der Waals surface area contributed by atoms with Crippen LogP contribution in [0.15, 0.2) is 0 Å². The Labute approximate surface area is 48.5 Å². The molecule has 1 radical (unpaired) electrons. The highest BCUT2D eigenvalue weighted by Crippen LogP contribution is 2.18. The summed E-state index contributed by atoms with van der Waals surface area (Å²) in [4.78, 5) is 10.5. The van der Waals surface area contributed by atoms with E-state index in [2.05, 4.69) is 0 Å². The second-order valence-electron chi connectivity index (χ2n) is 2.08. The molecule has 0 bridgehead atoms. The zero-order valence-corrected chi connectivity index (χ0v) is 4.68. The zero-order valence-electron chi connectivity index (χ0n) is 4.68. The molecule has 2 heteroatoms. The van der Waals surface area contributed by atoms with Crippen LogP contribution in [0.3, 0.4) is 0 Å². The van der Waals surface area contributed by atoms with Gasteiger partial charge in [0.2, 0.25) is 0 Å². The van der Waals surface area contributed by atoms with Gasteiger partial charge in [0.25, 0.3) is 0 Å². The van der Waals surface area contributed by atoms with Gasteiger partial charge in [0.1, 0.15) is 0 Å². The minimum atomic E-state index is -0.0590. The summed E-state index contributed by atoms with van der Waals surface area (Å²) in [5.41, 5.74) is 0. The molecular weight excluding hydrogens is 104 g/mol. The van der Waals surface area contributed by atoms with Gasteiger partial charge >= 0.3 is 0 Å². The first-order valence-corrected chi connectivity index (χ1v) is 2.88. The summed E-state index contributed by atoms with van der Waals surface area (Å²) >= 11 is 0. The van der Waals surface area contributed by atoms with Gasteiger partial charge < -0.3 is 5.11 Å². The van der Waals surface area contributed by atoms with Crippen molar-refractivity contribution >= 4 is 5.78 Å². The van der Waals surface area contributed by atoms with E-state index in [4.69, 9.17) is 5.11 Å². The summed E-state index contributed by atoms with van der Waals surface area (Å²) < 4.78 is 0. The number of carbonyl (C=O) groups excluding carboxylic acids is 1. The molecule has 0 aromatic rings. The van der Waals surface area contributed by atoms with Gasteiger partial charge in [-0.1, -0.05) is 0 Å². The van der Waals surface area contributed by atoms with Crippen LogP contribution in [0.5, 0.6) is 0 Å². The van der Waals surface area contributed by atoms with Gasteiger partial charge in [0, 0.05) is 6.42 Å². The van der Waals surface area contributed by atoms with Gasteiger partial charge in [-0.05, 0) is 19.3 Å². The van der Waals surface area contributed by atoms with Gasteiger partial charge in [-0.15, -0.1) is 0 Å². The molecule has 0 amide bonds. The standard InChI is InChI=1S/C6H9O2/c7-5-3-1-2-4-6(5)8/h7H,1-4H2. The smallest absolute Gasteiger partial charge is 0.167 e. The first-order chi connectivity index (χ1) is 3.80. The first kappa shape index (κ1) is 5.76. The summed E-state index contributed by atoms with van der Waals surface area (Å²) in [5.74, 6) is -0.0590. The maximum absolute atomic E-state index is 10.5. The Kier molecular flexibility index (Phi) is 1.63. The van der Waals surface area contributed by atoms with E-state index < -0.39 is 0 Å². The lowest BCUT2D eigenvalue weighted by atomic mass is 9.97. The Hall–Kier alpha value is -0.370. The van der Waals surface area contributed by atoms with Crippen LogP contribution in [0.2, 0.25) is 0 Å². The molecule has 0 aromatic carbocycles. The van der Waals surface area contributed by atoms with Crippen LogP contribution in [0.4, 0.5) is 0 Å². The number of hydrogen-bond donors (Lipinski definition) is 1. The van der Waals surface area contributed by atoms with Crippen molar-refractivity contribution in [3.8, 4) is 0 Å². The second-order valence-corrected chi connectivity index (χ2v) is 2.08. The number of ketones is 1. The maximum atomic E-state index is 10.5. The number of aliphatic hydroxyl groups excluding tert-OH is 1. The topological polar surface area (TPSA) is 37.3 Å². The van der Waals surface area contributed by atoms with Crippen molar-refractivity contribution in [3.05, 3.63) is 6.10 Å². The summed E-state index contributed by atoms with van der Waals surface area (Å²) in [7, 11) is 0. The molecule has 1 fully saturated rings. The summed E-state index contributed by atoms with van der Waals surface area (Å²) in [6.45, 7) is 0. The molecule has 0 heterocycles. The highest BCUT2D eigenvalue weighted by Gasteiger charge is 2.19. The fourth-order valence-corrected chi connectivity index (χ4v) is 0.862. The van der Waals surface area contributed by atoms with Crippen molar-refractivity contribution in [1.29, 1.82) is 0 Å². The lowest BCUT2D eigenvalue weighted by Gasteiger charge is -2.12. The average Bonchev–Trinajstić information content (AvgIpc) is 1.77. The SMILES string of the molecule is O=C1CCCC[C]1O. The zero-order chi connectivity index (χ0) is 5.98. The van der Waals surface area contributed by atoms with Gasteiger partial charge in [-0.2, -0.15) is 0 Å². The van der Waals surface area contributed by atoms with Crippen molar-refractivity contribution < 1.29 is 9.90 Å². The molecule has 0 spiro atoms. The van der Waals surface area contributed by atoms with E-state index in [-0.39, 0.29) is 11.9 Å². The van der Waals surface area contributed by atoms with Crippen LogP contribution >= 0.6 is 0 Å². The molecule has 45 valence electrons. The van der Waals surface area contributed by atoms with Crippen molar-refractivity contribution in [2.45, 2.75) is 25.7 Å². The molecule has 0 aliphatic heterocycles. The van der Waals surface area contributed by atoms with E-state index in [1.807, 2.05) is 0 Å². The Morgan fingerprint density at radius 2 is 1.88 bits per heavy atom. The fraction of sp³-hybridized carbons (Fsp3) is 0.667. The van der Waals surface area contributed by atoms with Crippen molar-refractivity contribution in [3.63, 3.8) is 0 Å². The molecule has 0 atom stereocenters. The van der Waals surface area contributed by atoms with Crippen LogP contribution < -0.4 is 0 Å². The predicted molar refractivity (Wildman–Crippen MR) is 28.7 cm³/mol. The molecular formula is C6H9O2. The summed E-state index contributed by atoms with van der Waals surface area (Å²) in [6.07, 6.45) is 3.14. The molecule has 1 aliphatic carbocycles. The maximum Gasteiger partial charge on any atom is 0.167 e. The molecule has 2 nitrogen and oxygen atoms in total. The number of aliphatic hydroxyl groups is 1. The summed E-state index contributed by atoms with van der Waals surface area (Å²) in [5, 5.41) is 8.74. The van der Waals surface area contributed by atoms with Crippen molar-refractivity contribution in [2.24, 2.45) is 0 Å². The third-order valence-electron chi connectivity index (χ3n) is 1.39. The fourth-order valence-electron chi connectivity index (χ4n) is 0.862. The Balaban J connectivity index is 2.39. The van der Waals surface area contributed by atoms with E-state index in [0.717, 1.165) is 12.8 Å². The molecule has 0 unspecified atom stereocenters. The van der Waals surface area contributed by atoms with Crippen LogP contribution in [-0.4, -0.2) is 10.9 Å². The lowest BCUT2D eigenvalue weighted by Crippen LogP contribution is -2.15. The molecule has 0 aromatic heterocycles. The Morgan fingerprint density at radius 1 is 1.25 bits per heavy atom. The van der Waals surface area contributed by atoms with Gasteiger partial charge in [0.05, 0.1) is 0 Å². The normalized spacial score (nSPS) is 23.9. The second kappa shape index (κ2) is 2.27. The molecule has 1 aliphatic rings. The van der Waals surface area contributed by atoms with E-state index in [1.54, 1.807) is 0 Å². The highest BCUT2D eigenvalue weighted by molar-refractivity contribution is 5.90. The van der Waals surface area contributed by atoms with E-state index >= 15 is 0 Å². The lowest BCUT2D eigenvalue weighted by molar-refractivity contribution is -0.122. The molecule has 1 rings (SSSR count). The quantitative estimate of drug-likeness (QED) is 0.509. The minimum Gasteiger partial charge on any atom is -0.379 e. The average molecular weight is 113 g/mol. The number of rotatable bonds is 0. The summed E-state index contributed by atoms with van der Waals surface area (Å²) in [6, 6.07) is 0. The Morgan fingerprint density at radius 3 is 2.25 bits per heavy atom. The van der Waals surface area contributed by atoms with Crippen LogP contribution in [0.25, 0.3) is 0 Å². The third-order valence-corrected chi connectivity index (χ3v) is 1.39. The number of hydrogen-bond acceptors (Lipinski definition) is 2. The molecule has 1 N–H and O–H groups in total. The third kappa shape index (κ3) is 1.07. The van der Waals surface area contributed by atoms with Gasteiger partial charge in [-0.3, -0.25) is 4.79 Å². The first-order valence-electron chi connectivity index (χ1n) is 2.88. The van der Waals surface area contributed by atoms with Crippen molar-refractivity contribution in [2.75, 3.05) is 0 Å².